The van der Waals surface area contributed by atoms with Crippen molar-refractivity contribution >= 4 is 46.5 Å². The first-order chi connectivity index (χ1) is 24.7. The summed E-state index contributed by atoms with van der Waals surface area (Å²) >= 11 is 6.56. The van der Waals surface area contributed by atoms with Gasteiger partial charge in [-0.15, -0.1) is 0 Å². The number of ketones is 3. The zero-order valence-corrected chi connectivity index (χ0v) is 32.4. The Balaban J connectivity index is 1.43. The van der Waals surface area contributed by atoms with Crippen LogP contribution in [0.15, 0.2) is 17.3 Å². The van der Waals surface area contributed by atoms with Gasteiger partial charge in [-0.05, 0) is 49.5 Å². The van der Waals surface area contributed by atoms with Gasteiger partial charge < -0.3 is 24.5 Å². The molecular formula is C40H56ClN3O8. The number of carbonyl (C=O) groups is 5. The molecule has 1 N–H and O–H groups in total. The maximum absolute atomic E-state index is 14.7. The second kappa shape index (κ2) is 16.7. The average Bonchev–Trinajstić information content (AvgIpc) is 3.72. The SMILES string of the molecule is CCOc1cc(OC)c(C2=NO[C@]3(C2)C[C@@H](C(=O)C[C@@H](CC2CC2)C(=O)C(=O)CC)N(C(=O)[C@@H](NC(=O)CC2CCCCC2)C(C)(C)C)C3)cc1Cl. The van der Waals surface area contributed by atoms with Crippen molar-refractivity contribution in [2.24, 2.45) is 28.3 Å². The van der Waals surface area contributed by atoms with E-state index in [-0.39, 0.29) is 55.7 Å². The molecule has 2 aliphatic heterocycles. The lowest BCUT2D eigenvalue weighted by molar-refractivity contribution is -0.145. The van der Waals surface area contributed by atoms with Gasteiger partial charge in [-0.2, -0.15) is 0 Å². The number of carbonyl (C=O) groups excluding carboxylic acids is 5. The lowest BCUT2D eigenvalue weighted by atomic mass is 9.83. The van der Waals surface area contributed by atoms with Gasteiger partial charge in [0.25, 0.3) is 0 Å². The summed E-state index contributed by atoms with van der Waals surface area (Å²) in [4.78, 5) is 76.0. The highest BCUT2D eigenvalue weighted by molar-refractivity contribution is 6.38. The number of nitrogens with one attached hydrogen (secondary N) is 1. The van der Waals surface area contributed by atoms with Gasteiger partial charge in [0, 0.05) is 49.7 Å². The van der Waals surface area contributed by atoms with Crippen molar-refractivity contribution in [3.63, 3.8) is 0 Å². The topological polar surface area (TPSA) is 141 Å². The minimum absolute atomic E-state index is 0.0442. The molecule has 1 aromatic rings. The van der Waals surface area contributed by atoms with E-state index in [1.54, 1.807) is 19.1 Å². The number of nitrogens with zero attached hydrogens (tertiary/aromatic N) is 2. The van der Waals surface area contributed by atoms with Gasteiger partial charge in [-0.25, -0.2) is 0 Å². The Morgan fingerprint density at radius 1 is 1.04 bits per heavy atom. The summed E-state index contributed by atoms with van der Waals surface area (Å²) < 4.78 is 11.3. The van der Waals surface area contributed by atoms with Crippen LogP contribution in [-0.4, -0.2) is 77.7 Å². The molecule has 2 heterocycles. The van der Waals surface area contributed by atoms with E-state index in [4.69, 9.17) is 25.9 Å². The molecule has 11 nitrogen and oxygen atoms in total. The molecule has 3 fully saturated rings. The maximum atomic E-state index is 14.7. The first-order valence-corrected chi connectivity index (χ1v) is 19.5. The Morgan fingerprint density at radius 2 is 1.75 bits per heavy atom. The van der Waals surface area contributed by atoms with Crippen LogP contribution in [0.1, 0.15) is 124 Å². The van der Waals surface area contributed by atoms with Crippen molar-refractivity contribution in [2.45, 2.75) is 136 Å². The van der Waals surface area contributed by atoms with Crippen LogP contribution in [0, 0.1) is 23.2 Å². The van der Waals surface area contributed by atoms with Gasteiger partial charge in [-0.1, -0.05) is 76.6 Å². The number of likely N-dealkylation sites (tertiary alicyclic amines) is 1. The predicted molar refractivity (Wildman–Crippen MR) is 198 cm³/mol. The zero-order chi connectivity index (χ0) is 37.8. The standard InChI is InChI=1S/C40H56ClN3O8/c1-7-31(45)36(48)26(16-25-14-15-25)18-32(46)30-22-40(21-29(43-52-40)27-19-28(41)34(51-8-2)20-33(27)50-6)23-44(30)38(49)37(39(3,4)5)42-35(47)17-24-12-10-9-11-13-24/h19-20,24-26,30,37H,7-18,21-23H2,1-6H3,(H,42,47)/t26-,30+,37-,40-/m1/s1. The van der Waals surface area contributed by atoms with Crippen LogP contribution in [0.3, 0.4) is 0 Å². The fraction of sp³-hybridized carbons (Fsp3) is 0.700. The molecule has 1 spiro atoms. The van der Waals surface area contributed by atoms with Gasteiger partial charge >= 0.3 is 0 Å². The average molecular weight is 742 g/mol. The minimum atomic E-state index is -1.05. The minimum Gasteiger partial charge on any atom is -0.496 e. The van der Waals surface area contributed by atoms with Gasteiger partial charge in [-0.3, -0.25) is 24.0 Å². The second-order valence-electron chi connectivity index (χ2n) is 16.4. The van der Waals surface area contributed by atoms with Crippen LogP contribution in [0.25, 0.3) is 0 Å². The summed E-state index contributed by atoms with van der Waals surface area (Å²) in [5, 5.41) is 7.88. The molecule has 4 aliphatic rings. The number of benzene rings is 1. The Morgan fingerprint density at radius 3 is 2.37 bits per heavy atom. The van der Waals surface area contributed by atoms with Crippen LogP contribution in [0.4, 0.5) is 0 Å². The molecule has 5 rings (SSSR count). The number of hydrogen-bond acceptors (Lipinski definition) is 9. The monoisotopic (exact) mass is 741 g/mol. The Hall–Kier alpha value is -3.47. The summed E-state index contributed by atoms with van der Waals surface area (Å²) in [7, 11) is 1.54. The van der Waals surface area contributed by atoms with Crippen molar-refractivity contribution < 1.29 is 38.3 Å². The predicted octanol–water partition coefficient (Wildman–Crippen LogP) is 6.64. The summed E-state index contributed by atoms with van der Waals surface area (Å²) in [6.07, 6.45) is 8.48. The highest BCUT2D eigenvalue weighted by Gasteiger charge is 2.55. The van der Waals surface area contributed by atoms with E-state index >= 15 is 0 Å². The van der Waals surface area contributed by atoms with Crippen LogP contribution in [0.5, 0.6) is 11.5 Å². The summed E-state index contributed by atoms with van der Waals surface area (Å²) in [5.41, 5.74) is -0.571. The zero-order valence-electron chi connectivity index (χ0n) is 31.7. The van der Waals surface area contributed by atoms with Crippen molar-refractivity contribution in [3.05, 3.63) is 22.7 Å². The summed E-state index contributed by atoms with van der Waals surface area (Å²) in [6, 6.07) is 1.55. The Labute approximate surface area is 312 Å². The molecule has 2 amide bonds. The molecule has 0 radical (unpaired) electrons. The van der Waals surface area contributed by atoms with E-state index < -0.39 is 40.6 Å². The third-order valence-corrected chi connectivity index (χ3v) is 11.4. The number of oxime groups is 1. The molecule has 0 unspecified atom stereocenters. The molecule has 1 aromatic carbocycles. The molecule has 2 aliphatic carbocycles. The third kappa shape index (κ3) is 9.36. The van der Waals surface area contributed by atoms with E-state index in [0.717, 1.165) is 38.5 Å². The van der Waals surface area contributed by atoms with Crippen LogP contribution in [-0.2, 0) is 28.8 Å². The highest BCUT2D eigenvalue weighted by Crippen LogP contribution is 2.44. The fourth-order valence-electron chi connectivity index (χ4n) is 8.03. The molecule has 2 saturated carbocycles. The Bertz CT molecular complexity index is 1560. The highest BCUT2D eigenvalue weighted by atomic mass is 35.5. The van der Waals surface area contributed by atoms with Crippen molar-refractivity contribution in [2.75, 3.05) is 20.3 Å². The van der Waals surface area contributed by atoms with Crippen molar-refractivity contribution in [1.82, 2.24) is 10.2 Å². The third-order valence-electron chi connectivity index (χ3n) is 11.1. The van der Waals surface area contributed by atoms with E-state index in [2.05, 4.69) is 10.5 Å². The second-order valence-corrected chi connectivity index (χ2v) is 16.8. The van der Waals surface area contributed by atoms with Gasteiger partial charge in [0.2, 0.25) is 17.6 Å². The number of rotatable bonds is 16. The molecule has 0 aromatic heterocycles. The van der Waals surface area contributed by atoms with Crippen LogP contribution < -0.4 is 14.8 Å². The largest absolute Gasteiger partial charge is 0.496 e. The van der Waals surface area contributed by atoms with Crippen molar-refractivity contribution in [3.8, 4) is 11.5 Å². The lowest BCUT2D eigenvalue weighted by Gasteiger charge is -2.36. The number of Topliss-reactive ketones (excluding diaryl/α,β-unsaturated/α-hetero) is 3. The quantitative estimate of drug-likeness (QED) is 0.186. The normalized spacial score (nSPS) is 23.1. The summed E-state index contributed by atoms with van der Waals surface area (Å²) in [6.45, 7) is 9.67. The Kier molecular flexibility index (Phi) is 12.7. The summed E-state index contributed by atoms with van der Waals surface area (Å²) in [5.74, 6) is -1.03. The molecule has 286 valence electrons. The first-order valence-electron chi connectivity index (χ1n) is 19.1. The number of methoxy groups -OCH3 is 1. The van der Waals surface area contributed by atoms with E-state index in [0.29, 0.717) is 53.2 Å². The first kappa shape index (κ1) is 39.7. The molecule has 1 saturated heterocycles. The maximum Gasteiger partial charge on any atom is 0.246 e. The molecule has 52 heavy (non-hydrogen) atoms. The molecule has 12 heteroatoms. The number of halogens is 1. The number of amides is 2. The van der Waals surface area contributed by atoms with E-state index in [9.17, 15) is 24.0 Å². The smallest absolute Gasteiger partial charge is 0.246 e. The molecule has 4 atom stereocenters. The van der Waals surface area contributed by atoms with E-state index in [1.165, 1.54) is 18.4 Å². The number of hydrogen-bond donors (Lipinski definition) is 1. The molecule has 0 bridgehead atoms. The van der Waals surface area contributed by atoms with Gasteiger partial charge in [0.15, 0.2) is 17.2 Å². The van der Waals surface area contributed by atoms with Crippen molar-refractivity contribution in [1.29, 1.82) is 0 Å². The van der Waals surface area contributed by atoms with Crippen LogP contribution in [0.2, 0.25) is 5.02 Å². The molecular weight excluding hydrogens is 686 g/mol. The van der Waals surface area contributed by atoms with Gasteiger partial charge in [0.1, 0.15) is 17.5 Å². The number of ether oxygens (including phenoxy) is 2. The van der Waals surface area contributed by atoms with E-state index in [1.807, 2.05) is 27.7 Å². The van der Waals surface area contributed by atoms with Gasteiger partial charge in [0.05, 0.1) is 37.0 Å². The fourth-order valence-corrected chi connectivity index (χ4v) is 8.25. The lowest BCUT2D eigenvalue weighted by Crippen LogP contribution is -2.57. The van der Waals surface area contributed by atoms with Crippen LogP contribution >= 0.6 is 11.6 Å².